The van der Waals surface area contributed by atoms with Gasteiger partial charge in [0, 0.05) is 11.3 Å². The Balaban J connectivity index is 1.40. The Kier molecular flexibility index (Phi) is 8.16. The number of hydrogen-bond donors (Lipinski definition) is 1. The first-order valence-corrected chi connectivity index (χ1v) is 13.1. The second-order valence-electron chi connectivity index (χ2n) is 8.93. The van der Waals surface area contributed by atoms with Gasteiger partial charge in [-0.2, -0.15) is 22.9 Å². The second-order valence-corrected chi connectivity index (χ2v) is 9.78. The molecule has 0 fully saturated rings. The van der Waals surface area contributed by atoms with Crippen molar-refractivity contribution in [3.8, 4) is 17.1 Å². The number of fused-ring (bicyclic) bond motifs is 1. The molecule has 1 heterocycles. The monoisotopic (exact) mass is 638 g/mol. The van der Waals surface area contributed by atoms with Crippen molar-refractivity contribution in [2.75, 3.05) is 11.9 Å². The van der Waals surface area contributed by atoms with Gasteiger partial charge in [-0.3, -0.25) is 9.59 Å². The van der Waals surface area contributed by atoms with E-state index < -0.39 is 29.0 Å². The van der Waals surface area contributed by atoms with Gasteiger partial charge >= 0.3 is 6.18 Å². The Morgan fingerprint density at radius 2 is 1.76 bits per heavy atom. The van der Waals surface area contributed by atoms with Gasteiger partial charge in [0.2, 0.25) is 0 Å². The van der Waals surface area contributed by atoms with Crippen molar-refractivity contribution in [3.63, 3.8) is 0 Å². The van der Waals surface area contributed by atoms with E-state index in [-0.39, 0.29) is 23.4 Å². The molecule has 12 heteroatoms. The van der Waals surface area contributed by atoms with E-state index in [0.29, 0.717) is 27.0 Å². The summed E-state index contributed by atoms with van der Waals surface area (Å²) in [5, 5.41) is 7.11. The molecule has 4 aromatic carbocycles. The molecule has 0 bridgehead atoms. The van der Waals surface area contributed by atoms with Crippen LogP contribution in [0.15, 0.2) is 105 Å². The average Bonchev–Trinajstić information content (AvgIpc) is 2.97. The Bertz CT molecular complexity index is 1870. The molecule has 7 nitrogen and oxygen atoms in total. The number of para-hydroxylation sites is 1. The van der Waals surface area contributed by atoms with Crippen molar-refractivity contribution in [3.05, 3.63) is 123 Å². The summed E-state index contributed by atoms with van der Waals surface area (Å²) in [7, 11) is 0. The predicted octanol–water partition coefficient (Wildman–Crippen LogP) is 6.88. The number of hydrogen-bond acceptors (Lipinski definition) is 5. The summed E-state index contributed by atoms with van der Waals surface area (Å²) in [6, 6.07) is 21.1. The summed E-state index contributed by atoms with van der Waals surface area (Å²) < 4.78 is 60.2. The van der Waals surface area contributed by atoms with Crippen LogP contribution in [0.4, 0.5) is 23.2 Å². The van der Waals surface area contributed by atoms with Crippen molar-refractivity contribution >= 4 is 44.6 Å². The lowest BCUT2D eigenvalue weighted by atomic mass is 10.1. The molecule has 42 heavy (non-hydrogen) atoms. The first-order chi connectivity index (χ1) is 20.1. The van der Waals surface area contributed by atoms with E-state index in [2.05, 4.69) is 31.3 Å². The zero-order valence-electron chi connectivity index (χ0n) is 21.4. The van der Waals surface area contributed by atoms with E-state index in [1.807, 2.05) is 0 Å². The quantitative estimate of drug-likeness (QED) is 0.155. The number of benzene rings is 4. The first-order valence-electron chi connectivity index (χ1n) is 12.3. The van der Waals surface area contributed by atoms with E-state index in [9.17, 15) is 27.2 Å². The average molecular weight is 639 g/mol. The number of amides is 1. The lowest BCUT2D eigenvalue weighted by molar-refractivity contribution is -0.137. The fraction of sp³-hybridized carbons (Fsp3) is 0.0667. The molecule has 1 N–H and O–H groups in total. The molecular weight excluding hydrogens is 620 g/mol. The zero-order valence-corrected chi connectivity index (χ0v) is 23.0. The van der Waals surface area contributed by atoms with Crippen LogP contribution >= 0.6 is 15.9 Å². The van der Waals surface area contributed by atoms with Crippen LogP contribution < -0.4 is 15.6 Å². The molecule has 1 amide bonds. The molecule has 0 aliphatic heterocycles. The molecule has 5 rings (SSSR count). The maximum atomic E-state index is 13.4. The molecule has 0 radical (unpaired) electrons. The third kappa shape index (κ3) is 6.55. The Morgan fingerprint density at radius 1 is 1.00 bits per heavy atom. The van der Waals surface area contributed by atoms with Gasteiger partial charge in [0.05, 0.1) is 27.2 Å². The normalized spacial score (nSPS) is 11.6. The summed E-state index contributed by atoms with van der Waals surface area (Å²) in [4.78, 5) is 30.0. The Hall–Kier alpha value is -4.84. The Labute approximate surface area is 244 Å². The number of anilines is 1. The van der Waals surface area contributed by atoms with Gasteiger partial charge < -0.3 is 10.1 Å². The molecule has 0 atom stereocenters. The lowest BCUT2D eigenvalue weighted by Gasteiger charge is -2.12. The molecule has 5 aromatic rings. The van der Waals surface area contributed by atoms with Crippen LogP contribution in [0.2, 0.25) is 0 Å². The maximum absolute atomic E-state index is 13.4. The van der Waals surface area contributed by atoms with Crippen molar-refractivity contribution < 1.29 is 27.1 Å². The fourth-order valence-electron chi connectivity index (χ4n) is 3.96. The molecular formula is C30H19BrF4N4O3. The van der Waals surface area contributed by atoms with Crippen LogP contribution in [0, 0.1) is 5.82 Å². The number of nitrogens with one attached hydrogen (secondary N) is 1. The molecule has 212 valence electrons. The molecule has 0 spiro atoms. The number of rotatable bonds is 7. The standard InChI is InChI=1S/C30H19BrF4N4O3/c31-24-14-18(8-13-26(24)42-17-27(40)37-22-11-9-21(32)10-12-22)16-36-39-28(19-4-3-5-20(15-19)30(33,34)35)38-25-7-2-1-6-23(25)29(39)41/h1-16H,17H2,(H,37,40). The van der Waals surface area contributed by atoms with Gasteiger partial charge in [0.1, 0.15) is 11.6 Å². The van der Waals surface area contributed by atoms with Crippen molar-refractivity contribution in [2.45, 2.75) is 6.18 Å². The number of alkyl halides is 3. The fourth-order valence-corrected chi connectivity index (χ4v) is 4.48. The van der Waals surface area contributed by atoms with Crippen molar-refractivity contribution in [1.82, 2.24) is 9.66 Å². The predicted molar refractivity (Wildman–Crippen MR) is 154 cm³/mol. The smallest absolute Gasteiger partial charge is 0.416 e. The highest BCUT2D eigenvalue weighted by molar-refractivity contribution is 9.10. The van der Waals surface area contributed by atoms with Gasteiger partial charge in [0.25, 0.3) is 11.5 Å². The maximum Gasteiger partial charge on any atom is 0.416 e. The van der Waals surface area contributed by atoms with Gasteiger partial charge in [-0.1, -0.05) is 24.3 Å². The van der Waals surface area contributed by atoms with Crippen LogP contribution in [0.3, 0.4) is 0 Å². The third-order valence-electron chi connectivity index (χ3n) is 5.97. The van der Waals surface area contributed by atoms with Crippen molar-refractivity contribution in [2.24, 2.45) is 5.10 Å². The summed E-state index contributed by atoms with van der Waals surface area (Å²) in [6.07, 6.45) is -3.23. The number of nitrogens with zero attached hydrogens (tertiary/aromatic N) is 3. The van der Waals surface area contributed by atoms with Crippen molar-refractivity contribution in [1.29, 1.82) is 0 Å². The van der Waals surface area contributed by atoms with E-state index >= 15 is 0 Å². The topological polar surface area (TPSA) is 85.6 Å². The molecule has 0 aliphatic rings. The SMILES string of the molecule is O=C(COc1ccc(C=Nn2c(-c3cccc(C(F)(F)F)c3)nc3ccccc3c2=O)cc1Br)Nc1ccc(F)cc1. The van der Waals surface area contributed by atoms with Gasteiger partial charge in [-0.05, 0) is 88.2 Å². The number of carbonyl (C=O) groups excluding carboxylic acids is 1. The highest BCUT2D eigenvalue weighted by Gasteiger charge is 2.31. The number of ether oxygens (including phenoxy) is 1. The van der Waals surface area contributed by atoms with Gasteiger partial charge in [-0.15, -0.1) is 0 Å². The first kappa shape index (κ1) is 28.7. The number of aromatic nitrogens is 2. The van der Waals surface area contributed by atoms with E-state index in [1.165, 1.54) is 42.6 Å². The molecule has 0 saturated carbocycles. The molecule has 0 saturated heterocycles. The van der Waals surface area contributed by atoms with E-state index in [4.69, 9.17) is 4.74 Å². The minimum absolute atomic E-state index is 0.0627. The van der Waals surface area contributed by atoms with E-state index in [0.717, 1.165) is 16.8 Å². The van der Waals surface area contributed by atoms with Gasteiger partial charge in [-0.25, -0.2) is 9.37 Å². The zero-order chi connectivity index (χ0) is 29.9. The highest BCUT2D eigenvalue weighted by atomic mass is 79.9. The summed E-state index contributed by atoms with van der Waals surface area (Å²) in [5.74, 6) is -0.599. The third-order valence-corrected chi connectivity index (χ3v) is 6.59. The number of carbonyl (C=O) groups is 1. The highest BCUT2D eigenvalue weighted by Crippen LogP contribution is 2.32. The minimum Gasteiger partial charge on any atom is -0.483 e. The molecule has 1 aromatic heterocycles. The number of halogens is 5. The van der Waals surface area contributed by atoms with Crippen LogP contribution in [0.5, 0.6) is 5.75 Å². The summed E-state index contributed by atoms with van der Waals surface area (Å²) >= 11 is 3.38. The lowest BCUT2D eigenvalue weighted by Crippen LogP contribution is -2.20. The van der Waals surface area contributed by atoms with Crippen LogP contribution in [-0.2, 0) is 11.0 Å². The molecule has 0 unspecified atom stereocenters. The molecule has 0 aliphatic carbocycles. The second kappa shape index (κ2) is 12.0. The Morgan fingerprint density at radius 3 is 2.50 bits per heavy atom. The minimum atomic E-state index is -4.58. The van der Waals surface area contributed by atoms with Gasteiger partial charge in [0.15, 0.2) is 12.4 Å². The van der Waals surface area contributed by atoms with Crippen LogP contribution in [-0.4, -0.2) is 28.4 Å². The van der Waals surface area contributed by atoms with E-state index in [1.54, 1.807) is 42.5 Å². The largest absolute Gasteiger partial charge is 0.483 e. The summed E-state index contributed by atoms with van der Waals surface area (Å²) in [6.45, 7) is -0.318. The van der Waals surface area contributed by atoms with Crippen LogP contribution in [0.1, 0.15) is 11.1 Å². The summed E-state index contributed by atoms with van der Waals surface area (Å²) in [5.41, 5.74) is -0.138. The van der Waals surface area contributed by atoms with Crippen LogP contribution in [0.25, 0.3) is 22.3 Å².